The van der Waals surface area contributed by atoms with E-state index in [2.05, 4.69) is 16.4 Å². The van der Waals surface area contributed by atoms with Gasteiger partial charge in [0.15, 0.2) is 5.82 Å². The summed E-state index contributed by atoms with van der Waals surface area (Å²) in [5.74, 6) is 0.376. The van der Waals surface area contributed by atoms with Gasteiger partial charge in [-0.15, -0.1) is 0 Å². The lowest BCUT2D eigenvalue weighted by Crippen LogP contribution is -2.03. The molecule has 1 aromatic carbocycles. The van der Waals surface area contributed by atoms with Gasteiger partial charge in [0.1, 0.15) is 12.1 Å². The smallest absolute Gasteiger partial charge is 0.154 e. The first-order valence-corrected chi connectivity index (χ1v) is 5.58. The Kier molecular flexibility index (Phi) is 3.31. The van der Waals surface area contributed by atoms with Gasteiger partial charge < -0.3 is 11.1 Å². The summed E-state index contributed by atoms with van der Waals surface area (Å²) in [7, 11) is 0. The number of nitrogens with two attached hydrogens (primary N) is 1. The second-order valence-corrected chi connectivity index (χ2v) is 3.97. The average Bonchev–Trinajstić information content (AvgIpc) is 2.41. The molecule has 0 unspecified atom stereocenters. The maximum Gasteiger partial charge on any atom is 0.154 e. The molecule has 0 saturated carbocycles. The highest BCUT2D eigenvalue weighted by molar-refractivity contribution is 5.76. The molecule has 1 aromatic heterocycles. The normalized spacial score (nSPS) is 9.42. The Morgan fingerprint density at radius 2 is 2.00 bits per heavy atom. The van der Waals surface area contributed by atoms with Crippen molar-refractivity contribution in [3.05, 3.63) is 47.2 Å². The molecule has 0 aliphatic rings. The summed E-state index contributed by atoms with van der Waals surface area (Å²) in [5.41, 5.74) is 8.48. The van der Waals surface area contributed by atoms with E-state index in [0.717, 1.165) is 5.56 Å². The van der Waals surface area contributed by atoms with Crippen molar-refractivity contribution in [1.29, 1.82) is 10.5 Å². The Hall–Kier alpha value is -3.05. The van der Waals surface area contributed by atoms with Crippen LogP contribution in [0.3, 0.4) is 0 Å². The molecule has 2 rings (SSSR count). The van der Waals surface area contributed by atoms with Gasteiger partial charge in [-0.2, -0.15) is 10.5 Å². The lowest BCUT2D eigenvalue weighted by atomic mass is 10.1. The van der Waals surface area contributed by atoms with Crippen molar-refractivity contribution in [2.75, 3.05) is 11.1 Å². The molecule has 5 heteroatoms. The quantitative estimate of drug-likeness (QED) is 0.851. The summed E-state index contributed by atoms with van der Waals surface area (Å²) < 4.78 is 0. The fourth-order valence-corrected chi connectivity index (χ4v) is 1.72. The number of aromatic nitrogens is 1. The molecular formula is C14H11N5. The van der Waals surface area contributed by atoms with Gasteiger partial charge >= 0.3 is 0 Å². The minimum atomic E-state index is 0.274. The lowest BCUT2D eigenvalue weighted by Gasteiger charge is -2.11. The molecule has 0 atom stereocenters. The number of aryl methyl sites for hydroxylation is 1. The highest BCUT2D eigenvalue weighted by atomic mass is 15.0. The van der Waals surface area contributed by atoms with Crippen LogP contribution in [0.15, 0.2) is 30.5 Å². The molecule has 1 heterocycles. The molecule has 3 N–H and O–H groups in total. The van der Waals surface area contributed by atoms with Crippen molar-refractivity contribution >= 4 is 17.2 Å². The third-order valence-corrected chi connectivity index (χ3v) is 2.75. The predicted octanol–water partition coefficient (Wildman–Crippen LogP) is 2.46. The molecule has 0 saturated heterocycles. The minimum Gasteiger partial charge on any atom is -0.395 e. The van der Waals surface area contributed by atoms with Crippen LogP contribution in [0.25, 0.3) is 0 Å². The van der Waals surface area contributed by atoms with Crippen LogP contribution < -0.4 is 11.1 Å². The van der Waals surface area contributed by atoms with Gasteiger partial charge in [-0.05, 0) is 24.6 Å². The van der Waals surface area contributed by atoms with Crippen LogP contribution >= 0.6 is 0 Å². The fourth-order valence-electron chi connectivity index (χ4n) is 1.72. The molecule has 19 heavy (non-hydrogen) atoms. The third kappa shape index (κ3) is 2.31. The molecule has 0 aliphatic carbocycles. The van der Waals surface area contributed by atoms with Crippen LogP contribution in [0.1, 0.15) is 16.7 Å². The van der Waals surface area contributed by atoms with Gasteiger partial charge in [0.2, 0.25) is 0 Å². The van der Waals surface area contributed by atoms with Gasteiger partial charge in [-0.3, -0.25) is 0 Å². The van der Waals surface area contributed by atoms with Crippen LogP contribution in [-0.2, 0) is 0 Å². The number of nitriles is 2. The molecular weight excluding hydrogens is 238 g/mol. The van der Waals surface area contributed by atoms with Gasteiger partial charge in [0.05, 0.1) is 22.5 Å². The van der Waals surface area contributed by atoms with E-state index in [1.54, 1.807) is 12.1 Å². The minimum absolute atomic E-state index is 0.274. The Bertz CT molecular complexity index is 707. The van der Waals surface area contributed by atoms with E-state index in [4.69, 9.17) is 16.3 Å². The summed E-state index contributed by atoms with van der Waals surface area (Å²) in [4.78, 5) is 4.09. The molecule has 0 fully saturated rings. The second kappa shape index (κ2) is 5.07. The maximum absolute atomic E-state index is 9.15. The summed E-state index contributed by atoms with van der Waals surface area (Å²) in [6, 6.07) is 11.1. The van der Waals surface area contributed by atoms with Gasteiger partial charge in [-0.25, -0.2) is 4.98 Å². The zero-order chi connectivity index (χ0) is 13.8. The van der Waals surface area contributed by atoms with Crippen LogP contribution in [-0.4, -0.2) is 4.98 Å². The van der Waals surface area contributed by atoms with E-state index in [1.807, 2.05) is 25.1 Å². The molecule has 0 aliphatic heterocycles. The topological polar surface area (TPSA) is 98.5 Å². The second-order valence-electron chi connectivity index (χ2n) is 3.97. The summed E-state index contributed by atoms with van der Waals surface area (Å²) in [5, 5.41) is 21.1. The predicted molar refractivity (Wildman–Crippen MR) is 72.5 cm³/mol. The zero-order valence-corrected chi connectivity index (χ0v) is 10.3. The Balaban J connectivity index is 2.47. The van der Waals surface area contributed by atoms with Gasteiger partial charge in [0.25, 0.3) is 0 Å². The fraction of sp³-hybridized carbons (Fsp3) is 0.0714. The first kappa shape index (κ1) is 12.4. The largest absolute Gasteiger partial charge is 0.395 e. The summed E-state index contributed by atoms with van der Waals surface area (Å²) in [6.07, 6.45) is 1.50. The van der Waals surface area contributed by atoms with Crippen molar-refractivity contribution < 1.29 is 0 Å². The van der Waals surface area contributed by atoms with Gasteiger partial charge in [-0.1, -0.05) is 12.1 Å². The average molecular weight is 249 g/mol. The SMILES string of the molecule is Cc1cccc(Nc2nccc(C#N)c2N)c1C#N. The number of rotatable bonds is 2. The van der Waals surface area contributed by atoms with Crippen LogP contribution in [0, 0.1) is 29.6 Å². The molecule has 0 amide bonds. The number of nitrogen functional groups attached to an aromatic ring is 1. The number of benzene rings is 1. The zero-order valence-electron chi connectivity index (χ0n) is 10.3. The number of hydrogen-bond acceptors (Lipinski definition) is 5. The standard InChI is InChI=1S/C14H11N5/c1-9-3-2-4-12(11(9)8-16)19-14-13(17)10(7-15)5-6-18-14/h2-6H,17H2,1H3,(H,18,19). The van der Waals surface area contributed by atoms with Crippen LogP contribution in [0.2, 0.25) is 0 Å². The van der Waals surface area contributed by atoms with Crippen LogP contribution in [0.5, 0.6) is 0 Å². The number of anilines is 3. The molecule has 0 spiro atoms. The lowest BCUT2D eigenvalue weighted by molar-refractivity contribution is 1.29. The third-order valence-electron chi connectivity index (χ3n) is 2.75. The number of nitrogens with one attached hydrogen (secondary N) is 1. The molecule has 92 valence electrons. The summed E-state index contributed by atoms with van der Waals surface area (Å²) >= 11 is 0. The number of nitrogens with zero attached hydrogens (tertiary/aromatic N) is 3. The molecule has 2 aromatic rings. The summed E-state index contributed by atoms with van der Waals surface area (Å²) in [6.45, 7) is 1.85. The first-order chi connectivity index (χ1) is 9.17. The van der Waals surface area contributed by atoms with E-state index in [1.165, 1.54) is 6.20 Å². The Morgan fingerprint density at radius 1 is 1.21 bits per heavy atom. The van der Waals surface area contributed by atoms with Crippen molar-refractivity contribution in [3.63, 3.8) is 0 Å². The Labute approximate surface area is 110 Å². The van der Waals surface area contributed by atoms with E-state index in [0.29, 0.717) is 22.6 Å². The monoisotopic (exact) mass is 249 g/mol. The molecule has 0 radical (unpaired) electrons. The molecule has 0 bridgehead atoms. The van der Waals surface area contributed by atoms with Crippen molar-refractivity contribution in [1.82, 2.24) is 4.98 Å². The highest BCUT2D eigenvalue weighted by Gasteiger charge is 2.09. The molecule has 5 nitrogen and oxygen atoms in total. The number of hydrogen-bond donors (Lipinski definition) is 2. The van der Waals surface area contributed by atoms with E-state index in [9.17, 15) is 0 Å². The van der Waals surface area contributed by atoms with Crippen molar-refractivity contribution in [2.45, 2.75) is 6.92 Å². The van der Waals surface area contributed by atoms with Crippen LogP contribution in [0.4, 0.5) is 17.2 Å². The van der Waals surface area contributed by atoms with E-state index < -0.39 is 0 Å². The van der Waals surface area contributed by atoms with E-state index in [-0.39, 0.29) is 5.69 Å². The highest BCUT2D eigenvalue weighted by Crippen LogP contribution is 2.26. The van der Waals surface area contributed by atoms with Crippen molar-refractivity contribution in [2.24, 2.45) is 0 Å². The van der Waals surface area contributed by atoms with E-state index >= 15 is 0 Å². The maximum atomic E-state index is 9.15. The van der Waals surface area contributed by atoms with Crippen molar-refractivity contribution in [3.8, 4) is 12.1 Å². The number of pyridine rings is 1. The first-order valence-electron chi connectivity index (χ1n) is 5.58. The Morgan fingerprint density at radius 3 is 2.68 bits per heavy atom. The van der Waals surface area contributed by atoms with Gasteiger partial charge in [0, 0.05) is 6.20 Å².